The van der Waals surface area contributed by atoms with E-state index in [1.807, 2.05) is 6.07 Å². The molecule has 3 rings (SSSR count). The first-order valence-corrected chi connectivity index (χ1v) is 11.1. The van der Waals surface area contributed by atoms with E-state index in [-0.39, 0.29) is 16.1 Å². The van der Waals surface area contributed by atoms with Crippen LogP contribution in [0.1, 0.15) is 28.8 Å². The average Bonchev–Trinajstić information content (AvgIpc) is 2.68. The van der Waals surface area contributed by atoms with Crippen LogP contribution in [-0.4, -0.2) is 39.2 Å². The maximum absolute atomic E-state index is 13.1. The number of rotatable bonds is 1. The Labute approximate surface area is 175 Å². The van der Waals surface area contributed by atoms with Gasteiger partial charge in [0.25, 0.3) is 15.9 Å². The van der Waals surface area contributed by atoms with Gasteiger partial charge in [-0.15, -0.1) is 0 Å². The van der Waals surface area contributed by atoms with Crippen molar-refractivity contribution < 1.29 is 23.1 Å². The highest BCUT2D eigenvalue weighted by atomic mass is 32.2. The van der Waals surface area contributed by atoms with Crippen molar-refractivity contribution in [3.05, 3.63) is 59.7 Å². The molecule has 160 valence electrons. The summed E-state index contributed by atoms with van der Waals surface area (Å²) in [6, 6.07) is 9.40. The number of allylic oxidation sites excluding steroid dienone is 1. The molecule has 0 saturated heterocycles. The van der Waals surface area contributed by atoms with Gasteiger partial charge < -0.3 is 20.9 Å². The Kier molecular flexibility index (Phi) is 6.96. The second kappa shape index (κ2) is 9.64. The molecule has 2 bridgehead atoms. The number of nitrogens with two attached hydrogens (primary N) is 1. The first kappa shape index (κ1) is 21.7. The number of primary amides is 1. The molecule has 0 fully saturated rings. The molecule has 0 aromatic heterocycles. The molecule has 0 saturated carbocycles. The summed E-state index contributed by atoms with van der Waals surface area (Å²) in [4.78, 5) is 11.4. The zero-order valence-electron chi connectivity index (χ0n) is 16.4. The molecule has 1 amide bonds. The van der Waals surface area contributed by atoms with E-state index in [1.54, 1.807) is 18.2 Å². The van der Waals surface area contributed by atoms with E-state index in [0.717, 1.165) is 30.9 Å². The molecule has 0 unspecified atom stereocenters. The van der Waals surface area contributed by atoms with Crippen molar-refractivity contribution in [2.75, 3.05) is 29.8 Å². The molecule has 0 spiro atoms. The van der Waals surface area contributed by atoms with Crippen molar-refractivity contribution in [3.8, 4) is 5.75 Å². The number of carbonyl (C=O) groups is 1. The van der Waals surface area contributed by atoms with E-state index in [9.17, 15) is 18.3 Å². The second-order valence-electron chi connectivity index (χ2n) is 6.87. The third-order valence-electron chi connectivity index (χ3n) is 4.59. The van der Waals surface area contributed by atoms with Crippen LogP contribution < -0.4 is 15.8 Å². The summed E-state index contributed by atoms with van der Waals surface area (Å²) in [6.07, 6.45) is 6.54. The number of nitrogens with one attached hydrogen (secondary N) is 2. The molecular weight excluding hydrogens is 406 g/mol. The van der Waals surface area contributed by atoms with Crippen LogP contribution in [0, 0.1) is 0 Å². The lowest BCUT2D eigenvalue weighted by molar-refractivity contribution is 0.0997. The van der Waals surface area contributed by atoms with Crippen LogP contribution in [0.2, 0.25) is 0 Å². The number of aryl methyl sites for hydroxylation is 1. The number of carbonyl (C=O) groups excluding carboxylic acids is 1. The van der Waals surface area contributed by atoms with E-state index >= 15 is 0 Å². The topological polar surface area (TPSA) is 131 Å². The zero-order chi connectivity index (χ0) is 21.6. The Morgan fingerprint density at radius 2 is 1.90 bits per heavy atom. The van der Waals surface area contributed by atoms with Gasteiger partial charge in [-0.3, -0.25) is 9.52 Å². The Morgan fingerprint density at radius 3 is 2.70 bits per heavy atom. The summed E-state index contributed by atoms with van der Waals surface area (Å²) in [5, 5.41) is 13.0. The molecule has 5 N–H and O–H groups in total. The van der Waals surface area contributed by atoms with Crippen molar-refractivity contribution in [2.24, 2.45) is 5.73 Å². The van der Waals surface area contributed by atoms with E-state index in [4.69, 9.17) is 10.5 Å². The van der Waals surface area contributed by atoms with Crippen LogP contribution in [0.3, 0.4) is 0 Å². The minimum atomic E-state index is -4.07. The number of phenols is 1. The predicted molar refractivity (Wildman–Crippen MR) is 115 cm³/mol. The van der Waals surface area contributed by atoms with Crippen LogP contribution in [0.4, 0.5) is 11.4 Å². The van der Waals surface area contributed by atoms with Gasteiger partial charge in [0.2, 0.25) is 0 Å². The van der Waals surface area contributed by atoms with Gasteiger partial charge in [0.15, 0.2) is 0 Å². The molecule has 9 heteroatoms. The van der Waals surface area contributed by atoms with Crippen molar-refractivity contribution in [1.82, 2.24) is 0 Å². The molecule has 1 aliphatic heterocycles. The van der Waals surface area contributed by atoms with Gasteiger partial charge >= 0.3 is 0 Å². The van der Waals surface area contributed by atoms with Gasteiger partial charge in [0, 0.05) is 18.3 Å². The summed E-state index contributed by atoms with van der Waals surface area (Å²) < 4.78 is 34.3. The third kappa shape index (κ3) is 5.52. The number of fused-ring (bicyclic) bond motifs is 3. The quantitative estimate of drug-likeness (QED) is 0.514. The van der Waals surface area contributed by atoms with E-state index in [0.29, 0.717) is 25.4 Å². The van der Waals surface area contributed by atoms with E-state index < -0.39 is 21.7 Å². The molecule has 1 heterocycles. The number of hydrogen-bond acceptors (Lipinski definition) is 6. The largest absolute Gasteiger partial charge is 0.507 e. The summed E-state index contributed by atoms with van der Waals surface area (Å²) in [5.41, 5.74) is 6.55. The molecule has 30 heavy (non-hydrogen) atoms. The maximum Gasteiger partial charge on any atom is 0.263 e. The first-order valence-electron chi connectivity index (χ1n) is 9.62. The van der Waals surface area contributed by atoms with Crippen molar-refractivity contribution in [3.63, 3.8) is 0 Å². The van der Waals surface area contributed by atoms with Crippen molar-refractivity contribution in [2.45, 2.75) is 24.2 Å². The zero-order valence-corrected chi connectivity index (χ0v) is 17.2. The lowest BCUT2D eigenvalue weighted by Crippen LogP contribution is -2.19. The third-order valence-corrected chi connectivity index (χ3v) is 6.01. The molecule has 1 aliphatic rings. The second-order valence-corrected chi connectivity index (χ2v) is 8.52. The fourth-order valence-corrected chi connectivity index (χ4v) is 4.36. The number of aromatic hydroxyl groups is 1. The fourth-order valence-electron chi connectivity index (χ4n) is 3.12. The summed E-state index contributed by atoms with van der Waals surface area (Å²) in [7, 11) is -4.07. The molecule has 2 aromatic rings. The van der Waals surface area contributed by atoms with Gasteiger partial charge in [-0.05, 0) is 43.0 Å². The monoisotopic (exact) mass is 431 g/mol. The van der Waals surface area contributed by atoms with Gasteiger partial charge in [-0.1, -0.05) is 24.3 Å². The molecule has 0 atom stereocenters. The van der Waals surface area contributed by atoms with Gasteiger partial charge in [0.1, 0.15) is 10.6 Å². The van der Waals surface area contributed by atoms with Crippen LogP contribution in [0.5, 0.6) is 5.75 Å². The summed E-state index contributed by atoms with van der Waals surface area (Å²) >= 11 is 0. The highest BCUT2D eigenvalue weighted by Gasteiger charge is 2.23. The number of sulfonamides is 1. The van der Waals surface area contributed by atoms with E-state index in [2.05, 4.69) is 22.2 Å². The maximum atomic E-state index is 13.1. The average molecular weight is 432 g/mol. The van der Waals surface area contributed by atoms with Crippen LogP contribution in [0.15, 0.2) is 53.4 Å². The van der Waals surface area contributed by atoms with E-state index in [1.165, 1.54) is 6.07 Å². The molecular formula is C21H25N3O5S. The Bertz CT molecular complexity index is 1050. The number of anilines is 2. The molecule has 2 aromatic carbocycles. The molecule has 0 radical (unpaired) electrons. The van der Waals surface area contributed by atoms with Crippen molar-refractivity contribution in [1.29, 1.82) is 0 Å². The number of benzene rings is 2. The number of hydrogen-bond donors (Lipinski definition) is 4. The SMILES string of the molecule is NC(=O)c1cc2c(cc1O)NCCOCC/C=C/CCc1cccc(c1)NS2(=O)=O. The normalized spacial score (nSPS) is 18.1. The fraction of sp³-hybridized carbons (Fsp3) is 0.286. The van der Waals surface area contributed by atoms with Crippen LogP contribution in [0.25, 0.3) is 0 Å². The van der Waals surface area contributed by atoms with Crippen LogP contribution >= 0.6 is 0 Å². The minimum absolute atomic E-state index is 0.147. The Hall–Kier alpha value is -3.04. The Morgan fingerprint density at radius 1 is 1.10 bits per heavy atom. The number of ether oxygens (including phenoxy) is 1. The lowest BCUT2D eigenvalue weighted by Gasteiger charge is -2.16. The standard InChI is InChI=1S/C21H25N3O5S/c22-21(26)17-13-20-18(14-19(17)25)23-9-11-29-10-4-2-1-3-6-15-7-5-8-16(12-15)24-30(20,27)28/h1-2,5,7-8,12-14,23-25H,3-4,6,9-11H2,(H2,22,26)/b2-1+. The van der Waals surface area contributed by atoms with Gasteiger partial charge in [-0.2, -0.15) is 0 Å². The summed E-state index contributed by atoms with van der Waals surface area (Å²) in [6.45, 7) is 1.21. The number of amides is 1. The molecule has 0 aliphatic carbocycles. The van der Waals surface area contributed by atoms with Crippen molar-refractivity contribution >= 4 is 27.3 Å². The van der Waals surface area contributed by atoms with Gasteiger partial charge in [-0.25, -0.2) is 8.42 Å². The predicted octanol–water partition coefficient (Wildman–Crippen LogP) is 2.61. The molecule has 8 nitrogen and oxygen atoms in total. The lowest BCUT2D eigenvalue weighted by atomic mass is 10.1. The first-order chi connectivity index (χ1) is 14.4. The minimum Gasteiger partial charge on any atom is -0.507 e. The highest BCUT2D eigenvalue weighted by molar-refractivity contribution is 7.92. The highest BCUT2D eigenvalue weighted by Crippen LogP contribution is 2.31. The van der Waals surface area contributed by atoms with Gasteiger partial charge in [0.05, 0.1) is 24.5 Å². The summed E-state index contributed by atoms with van der Waals surface area (Å²) in [5.74, 6) is -1.32. The van der Waals surface area contributed by atoms with Crippen LogP contribution in [-0.2, 0) is 21.2 Å². The smallest absolute Gasteiger partial charge is 0.263 e. The Balaban J connectivity index is 2.01.